The van der Waals surface area contributed by atoms with E-state index in [2.05, 4.69) is 6.92 Å². The number of methoxy groups -OCH3 is 1. The van der Waals surface area contributed by atoms with Crippen molar-refractivity contribution < 1.29 is 24.1 Å². The van der Waals surface area contributed by atoms with Crippen molar-refractivity contribution in [1.82, 2.24) is 0 Å². The largest absolute Gasteiger partial charge is 0.493 e. The van der Waals surface area contributed by atoms with Crippen LogP contribution < -0.4 is 14.2 Å². The highest BCUT2D eigenvalue weighted by Crippen LogP contribution is 2.29. The summed E-state index contributed by atoms with van der Waals surface area (Å²) < 4.78 is 16.6. The highest BCUT2D eigenvalue weighted by molar-refractivity contribution is 5.96. The van der Waals surface area contributed by atoms with E-state index in [0.717, 1.165) is 12.2 Å². The summed E-state index contributed by atoms with van der Waals surface area (Å²) in [6, 6.07) is 14.5. The lowest BCUT2D eigenvalue weighted by Crippen LogP contribution is -2.09. The summed E-state index contributed by atoms with van der Waals surface area (Å²) in [6.07, 6.45) is 2.26. The van der Waals surface area contributed by atoms with Crippen LogP contribution in [0.5, 0.6) is 17.2 Å². The van der Waals surface area contributed by atoms with E-state index >= 15 is 0 Å². The van der Waals surface area contributed by atoms with Gasteiger partial charge in [0.25, 0.3) is 0 Å². The van der Waals surface area contributed by atoms with E-state index in [4.69, 9.17) is 24.6 Å². The van der Waals surface area contributed by atoms with E-state index < -0.39 is 5.97 Å². The van der Waals surface area contributed by atoms with Gasteiger partial charge in [0.1, 0.15) is 30.6 Å². The molecule has 1 N–H and O–H groups in total. The van der Waals surface area contributed by atoms with Crippen molar-refractivity contribution in [3.05, 3.63) is 59.2 Å². The van der Waals surface area contributed by atoms with Crippen LogP contribution in [0.2, 0.25) is 0 Å². The van der Waals surface area contributed by atoms with Crippen molar-refractivity contribution in [1.29, 1.82) is 5.26 Å². The minimum Gasteiger partial charge on any atom is -0.493 e. The maximum Gasteiger partial charge on any atom is 0.346 e. The number of ether oxygens (including phenoxy) is 3. The first kappa shape index (κ1) is 19.9. The molecule has 6 nitrogen and oxygen atoms in total. The van der Waals surface area contributed by atoms with Gasteiger partial charge in [0.2, 0.25) is 0 Å². The second-order valence-corrected chi connectivity index (χ2v) is 5.58. The molecule has 0 heterocycles. The summed E-state index contributed by atoms with van der Waals surface area (Å²) in [5.41, 5.74) is 1.43. The fourth-order valence-corrected chi connectivity index (χ4v) is 2.33. The van der Waals surface area contributed by atoms with Gasteiger partial charge in [0.15, 0.2) is 11.5 Å². The Kier molecular flexibility index (Phi) is 7.26. The Morgan fingerprint density at radius 3 is 2.41 bits per heavy atom. The summed E-state index contributed by atoms with van der Waals surface area (Å²) in [5, 5.41) is 17.8. The van der Waals surface area contributed by atoms with Gasteiger partial charge >= 0.3 is 5.97 Å². The molecule has 0 saturated carbocycles. The predicted octanol–water partition coefficient (Wildman–Crippen LogP) is 3.71. The molecule has 2 aromatic rings. The number of benzene rings is 2. The van der Waals surface area contributed by atoms with Gasteiger partial charge in [0.05, 0.1) is 7.11 Å². The lowest BCUT2D eigenvalue weighted by atomic mass is 10.1. The van der Waals surface area contributed by atoms with E-state index in [-0.39, 0.29) is 5.57 Å². The molecular formula is C21H21NO5. The molecule has 0 unspecified atom stereocenters. The normalized spacial score (nSPS) is 10.8. The standard InChI is InChI=1S/C21H21NO5/c1-3-15-4-7-18(8-5-15)26-10-11-27-19-9-6-16(13-20(19)25-2)12-17(14-22)21(23)24/h4-9,12-13H,3,10-11H2,1-2H3,(H,23,24). The maximum absolute atomic E-state index is 10.9. The van der Waals surface area contributed by atoms with Crippen LogP contribution in [0, 0.1) is 11.3 Å². The minimum absolute atomic E-state index is 0.319. The second kappa shape index (κ2) is 9.88. The van der Waals surface area contributed by atoms with Crippen molar-refractivity contribution in [2.75, 3.05) is 20.3 Å². The van der Waals surface area contributed by atoms with Crippen molar-refractivity contribution in [3.8, 4) is 23.3 Å². The number of aliphatic carboxylic acids is 1. The predicted molar refractivity (Wildman–Crippen MR) is 101 cm³/mol. The fourth-order valence-electron chi connectivity index (χ4n) is 2.33. The van der Waals surface area contributed by atoms with Crippen LogP contribution in [0.3, 0.4) is 0 Å². The van der Waals surface area contributed by atoms with E-state index in [9.17, 15) is 4.79 Å². The van der Waals surface area contributed by atoms with Gasteiger partial charge in [-0.2, -0.15) is 5.26 Å². The van der Waals surface area contributed by atoms with Crippen molar-refractivity contribution in [3.63, 3.8) is 0 Å². The van der Waals surface area contributed by atoms with Crippen LogP contribution >= 0.6 is 0 Å². The average molecular weight is 367 g/mol. The van der Waals surface area contributed by atoms with E-state index in [0.29, 0.717) is 30.3 Å². The van der Waals surface area contributed by atoms with E-state index in [1.165, 1.54) is 18.7 Å². The molecule has 0 fully saturated rings. The highest BCUT2D eigenvalue weighted by atomic mass is 16.5. The molecule has 0 aliphatic carbocycles. The Bertz CT molecular complexity index is 850. The number of nitrogens with zero attached hydrogens (tertiary/aromatic N) is 1. The van der Waals surface area contributed by atoms with Gasteiger partial charge in [-0.1, -0.05) is 25.1 Å². The molecule has 0 aromatic heterocycles. The molecule has 0 atom stereocenters. The molecule has 0 bridgehead atoms. The first-order valence-electron chi connectivity index (χ1n) is 8.45. The minimum atomic E-state index is -1.28. The Balaban J connectivity index is 1.96. The molecular weight excluding hydrogens is 346 g/mol. The van der Waals surface area contributed by atoms with Crippen molar-refractivity contribution >= 4 is 12.0 Å². The number of nitriles is 1. The summed E-state index contributed by atoms with van der Waals surface area (Å²) >= 11 is 0. The molecule has 0 spiro atoms. The number of hydrogen-bond acceptors (Lipinski definition) is 5. The number of carboxylic acids is 1. The van der Waals surface area contributed by atoms with Crippen LogP contribution in [0.1, 0.15) is 18.1 Å². The quantitative estimate of drug-likeness (QED) is 0.413. The van der Waals surface area contributed by atoms with Crippen LogP contribution in [-0.4, -0.2) is 31.4 Å². The Labute approximate surface area is 158 Å². The van der Waals surface area contributed by atoms with Crippen molar-refractivity contribution in [2.24, 2.45) is 0 Å². The molecule has 6 heteroatoms. The first-order valence-corrected chi connectivity index (χ1v) is 8.45. The van der Waals surface area contributed by atoms with E-state index in [1.54, 1.807) is 24.3 Å². The van der Waals surface area contributed by atoms with Gasteiger partial charge in [0, 0.05) is 0 Å². The summed E-state index contributed by atoms with van der Waals surface area (Å²) in [6.45, 7) is 2.79. The number of rotatable bonds is 9. The van der Waals surface area contributed by atoms with Gasteiger partial charge in [-0.05, 0) is 47.9 Å². The number of carbonyl (C=O) groups is 1. The molecule has 2 aromatic carbocycles. The Hall–Kier alpha value is -3.46. The molecule has 0 radical (unpaired) electrons. The number of hydrogen-bond donors (Lipinski definition) is 1. The van der Waals surface area contributed by atoms with E-state index in [1.807, 2.05) is 24.3 Å². The SMILES string of the molecule is CCc1ccc(OCCOc2ccc(C=C(C#N)C(=O)O)cc2OC)cc1. The molecule has 0 aliphatic heterocycles. The van der Waals surface area contributed by atoms with Crippen LogP contribution in [0.15, 0.2) is 48.0 Å². The third-order valence-electron chi connectivity index (χ3n) is 3.79. The fraction of sp³-hybridized carbons (Fsp3) is 0.238. The molecule has 140 valence electrons. The zero-order chi connectivity index (χ0) is 19.6. The monoisotopic (exact) mass is 367 g/mol. The zero-order valence-electron chi connectivity index (χ0n) is 15.3. The van der Waals surface area contributed by atoms with Crippen LogP contribution in [-0.2, 0) is 11.2 Å². The third-order valence-corrected chi connectivity index (χ3v) is 3.79. The zero-order valence-corrected chi connectivity index (χ0v) is 15.3. The lowest BCUT2D eigenvalue weighted by Gasteiger charge is -2.12. The summed E-state index contributed by atoms with van der Waals surface area (Å²) in [5.74, 6) is 0.453. The molecule has 2 rings (SSSR count). The van der Waals surface area contributed by atoms with Gasteiger partial charge in [-0.3, -0.25) is 0 Å². The van der Waals surface area contributed by atoms with Gasteiger partial charge in [-0.25, -0.2) is 4.79 Å². The smallest absolute Gasteiger partial charge is 0.346 e. The first-order chi connectivity index (χ1) is 13.1. The van der Waals surface area contributed by atoms with Gasteiger partial charge < -0.3 is 19.3 Å². The summed E-state index contributed by atoms with van der Waals surface area (Å²) in [7, 11) is 1.49. The highest BCUT2D eigenvalue weighted by Gasteiger charge is 2.09. The molecule has 0 saturated heterocycles. The van der Waals surface area contributed by atoms with Crippen LogP contribution in [0.25, 0.3) is 6.08 Å². The second-order valence-electron chi connectivity index (χ2n) is 5.58. The molecule has 0 amide bonds. The molecule has 27 heavy (non-hydrogen) atoms. The Morgan fingerprint density at radius 2 is 1.81 bits per heavy atom. The topological polar surface area (TPSA) is 88.8 Å². The Morgan fingerprint density at radius 1 is 1.11 bits per heavy atom. The van der Waals surface area contributed by atoms with Crippen molar-refractivity contribution in [2.45, 2.75) is 13.3 Å². The van der Waals surface area contributed by atoms with Gasteiger partial charge in [-0.15, -0.1) is 0 Å². The summed E-state index contributed by atoms with van der Waals surface area (Å²) in [4.78, 5) is 10.9. The lowest BCUT2D eigenvalue weighted by molar-refractivity contribution is -0.132. The average Bonchev–Trinajstić information content (AvgIpc) is 2.70. The number of aryl methyl sites for hydroxylation is 1. The third kappa shape index (κ3) is 5.79. The van der Waals surface area contributed by atoms with Crippen LogP contribution in [0.4, 0.5) is 0 Å². The molecule has 0 aliphatic rings. The number of carboxylic acid groups (broad SMARTS) is 1. The maximum atomic E-state index is 10.9.